The maximum absolute atomic E-state index is 12.6. The van der Waals surface area contributed by atoms with Crippen LogP contribution >= 0.6 is 23.2 Å². The molecule has 0 unspecified atom stereocenters. The fourth-order valence-corrected chi connectivity index (χ4v) is 2.85. The number of carbonyl (C=O) groups is 2. The predicted octanol–water partition coefficient (Wildman–Crippen LogP) is 3.86. The molecule has 2 aromatic rings. The minimum Gasteiger partial charge on any atom is -0.480 e. The Balaban J connectivity index is 2.11. The number of amides is 1. The number of benzene rings is 2. The normalized spacial score (nSPS) is 13.6. The summed E-state index contributed by atoms with van der Waals surface area (Å²) in [6.45, 7) is 0. The lowest BCUT2D eigenvalue weighted by atomic mass is 10.0. The van der Waals surface area contributed by atoms with Crippen molar-refractivity contribution in [3.63, 3.8) is 0 Å². The summed E-state index contributed by atoms with van der Waals surface area (Å²) in [5.74, 6) is -2.45. The lowest BCUT2D eigenvalue weighted by Gasteiger charge is -2.18. The number of alkyl halides is 3. The molecule has 0 fully saturated rings. The quantitative estimate of drug-likeness (QED) is 0.642. The average Bonchev–Trinajstić information content (AvgIpc) is 2.61. The average molecular weight is 436 g/mol. The molecule has 2 aromatic carbocycles. The Morgan fingerprint density at radius 1 is 1.07 bits per heavy atom. The standard InChI is InChI=1S/C18H14Cl2F3NO4/c19-12-6-3-10(13(20)8-12)7-14(17(27)28)24-16(26)15(25)9-1-4-11(5-2-9)18(21,22)23/h1-6,8,14-15,25H,7H2,(H,24,26)(H,27,28)/t14-,15+/m0/s1. The number of carbonyl (C=O) groups excluding carboxylic acids is 1. The number of carboxylic acid groups (broad SMARTS) is 1. The summed E-state index contributed by atoms with van der Waals surface area (Å²) >= 11 is 11.8. The Bertz CT molecular complexity index is 872. The number of nitrogens with one attached hydrogen (secondary N) is 1. The van der Waals surface area contributed by atoms with Crippen molar-refractivity contribution in [2.45, 2.75) is 24.7 Å². The molecule has 0 heterocycles. The first-order valence-electron chi connectivity index (χ1n) is 7.81. The highest BCUT2D eigenvalue weighted by molar-refractivity contribution is 6.35. The van der Waals surface area contributed by atoms with Crippen LogP contribution in [-0.4, -0.2) is 28.1 Å². The molecule has 28 heavy (non-hydrogen) atoms. The van der Waals surface area contributed by atoms with Crippen molar-refractivity contribution >= 4 is 35.1 Å². The predicted molar refractivity (Wildman–Crippen MR) is 96.1 cm³/mol. The number of hydrogen-bond donors (Lipinski definition) is 3. The van der Waals surface area contributed by atoms with Crippen molar-refractivity contribution in [1.82, 2.24) is 5.32 Å². The molecule has 0 aliphatic heterocycles. The van der Waals surface area contributed by atoms with Crippen LogP contribution < -0.4 is 5.32 Å². The van der Waals surface area contributed by atoms with Gasteiger partial charge in [0, 0.05) is 16.5 Å². The molecule has 2 atom stereocenters. The van der Waals surface area contributed by atoms with Gasteiger partial charge in [-0.15, -0.1) is 0 Å². The lowest BCUT2D eigenvalue weighted by molar-refractivity contribution is -0.143. The summed E-state index contributed by atoms with van der Waals surface area (Å²) in [7, 11) is 0. The molecular formula is C18H14Cl2F3NO4. The van der Waals surface area contributed by atoms with Gasteiger partial charge in [0.1, 0.15) is 6.04 Å². The largest absolute Gasteiger partial charge is 0.480 e. The summed E-state index contributed by atoms with van der Waals surface area (Å²) in [5.41, 5.74) is -0.647. The molecule has 0 saturated carbocycles. The fraction of sp³-hybridized carbons (Fsp3) is 0.222. The van der Waals surface area contributed by atoms with Crippen molar-refractivity contribution in [3.05, 3.63) is 69.2 Å². The van der Waals surface area contributed by atoms with Gasteiger partial charge < -0.3 is 15.5 Å². The fourth-order valence-electron chi connectivity index (χ4n) is 2.36. The number of aliphatic hydroxyl groups is 1. The van der Waals surface area contributed by atoms with Gasteiger partial charge in [-0.05, 0) is 35.4 Å². The highest BCUT2D eigenvalue weighted by atomic mass is 35.5. The second kappa shape index (κ2) is 8.81. The van der Waals surface area contributed by atoms with E-state index in [9.17, 15) is 33.0 Å². The third-order valence-electron chi connectivity index (χ3n) is 3.86. The van der Waals surface area contributed by atoms with Gasteiger partial charge in [0.05, 0.1) is 5.56 Å². The van der Waals surface area contributed by atoms with E-state index in [4.69, 9.17) is 23.2 Å². The molecule has 2 rings (SSSR count). The van der Waals surface area contributed by atoms with Crippen LogP contribution in [0.2, 0.25) is 10.0 Å². The molecule has 0 saturated heterocycles. The Morgan fingerprint density at radius 3 is 2.18 bits per heavy atom. The molecule has 1 amide bonds. The lowest BCUT2D eigenvalue weighted by Crippen LogP contribution is -2.44. The van der Waals surface area contributed by atoms with Crippen LogP contribution in [0.4, 0.5) is 13.2 Å². The number of carboxylic acids is 1. The number of aliphatic carboxylic acids is 1. The summed E-state index contributed by atoms with van der Waals surface area (Å²) < 4.78 is 37.7. The first-order valence-corrected chi connectivity index (χ1v) is 8.57. The molecule has 10 heteroatoms. The topological polar surface area (TPSA) is 86.6 Å². The number of halogens is 5. The second-order valence-corrected chi connectivity index (χ2v) is 6.71. The van der Waals surface area contributed by atoms with Crippen LogP contribution in [0.5, 0.6) is 0 Å². The van der Waals surface area contributed by atoms with Gasteiger partial charge in [0.2, 0.25) is 0 Å². The molecule has 5 nitrogen and oxygen atoms in total. The van der Waals surface area contributed by atoms with Crippen molar-refractivity contribution in [3.8, 4) is 0 Å². The van der Waals surface area contributed by atoms with Gasteiger partial charge in [-0.25, -0.2) is 4.79 Å². The van der Waals surface area contributed by atoms with Gasteiger partial charge in [0.25, 0.3) is 5.91 Å². The van der Waals surface area contributed by atoms with Gasteiger partial charge >= 0.3 is 12.1 Å². The highest BCUT2D eigenvalue weighted by Gasteiger charge is 2.31. The Labute approximate surface area is 167 Å². The van der Waals surface area contributed by atoms with Crippen LogP contribution in [0.15, 0.2) is 42.5 Å². The van der Waals surface area contributed by atoms with Crippen molar-refractivity contribution in [2.24, 2.45) is 0 Å². The van der Waals surface area contributed by atoms with Crippen LogP contribution in [0.1, 0.15) is 22.8 Å². The summed E-state index contributed by atoms with van der Waals surface area (Å²) in [6.07, 6.45) is -6.58. The van der Waals surface area contributed by atoms with Crippen molar-refractivity contribution in [2.75, 3.05) is 0 Å². The number of rotatable bonds is 6. The smallest absolute Gasteiger partial charge is 0.416 e. The Morgan fingerprint density at radius 2 is 1.68 bits per heavy atom. The monoisotopic (exact) mass is 435 g/mol. The molecule has 150 valence electrons. The SMILES string of the molecule is O=C(O)[C@H](Cc1ccc(Cl)cc1Cl)NC(=O)[C@H](O)c1ccc(C(F)(F)F)cc1. The zero-order valence-corrected chi connectivity index (χ0v) is 15.5. The third-order valence-corrected chi connectivity index (χ3v) is 4.44. The molecule has 0 radical (unpaired) electrons. The van der Waals surface area contributed by atoms with E-state index in [2.05, 4.69) is 5.32 Å². The summed E-state index contributed by atoms with van der Waals surface area (Å²) in [4.78, 5) is 23.6. The number of aliphatic hydroxyl groups excluding tert-OH is 1. The van der Waals surface area contributed by atoms with E-state index in [1.807, 2.05) is 0 Å². The molecular weight excluding hydrogens is 422 g/mol. The van der Waals surface area contributed by atoms with Crippen LogP contribution in [-0.2, 0) is 22.2 Å². The van der Waals surface area contributed by atoms with E-state index in [0.717, 1.165) is 12.1 Å². The van der Waals surface area contributed by atoms with E-state index in [1.54, 1.807) is 0 Å². The molecule has 3 N–H and O–H groups in total. The maximum atomic E-state index is 12.6. The first kappa shape index (κ1) is 22.0. The maximum Gasteiger partial charge on any atom is 0.416 e. The summed E-state index contributed by atoms with van der Waals surface area (Å²) in [6, 6.07) is 6.31. The second-order valence-electron chi connectivity index (χ2n) is 5.86. The molecule has 0 aromatic heterocycles. The van der Waals surface area contributed by atoms with Gasteiger partial charge in [-0.3, -0.25) is 4.79 Å². The van der Waals surface area contributed by atoms with Gasteiger partial charge in [0.15, 0.2) is 6.10 Å². The number of hydrogen-bond acceptors (Lipinski definition) is 3. The van der Waals surface area contributed by atoms with E-state index in [1.165, 1.54) is 18.2 Å². The molecule has 0 aliphatic carbocycles. The van der Waals surface area contributed by atoms with E-state index < -0.39 is 35.8 Å². The zero-order chi connectivity index (χ0) is 21.1. The van der Waals surface area contributed by atoms with Crippen molar-refractivity contribution in [1.29, 1.82) is 0 Å². The van der Waals surface area contributed by atoms with Gasteiger partial charge in [-0.2, -0.15) is 13.2 Å². The third kappa shape index (κ3) is 5.60. The van der Waals surface area contributed by atoms with Crippen molar-refractivity contribution < 1.29 is 33.0 Å². The van der Waals surface area contributed by atoms with E-state index in [-0.39, 0.29) is 17.0 Å². The Hall–Kier alpha value is -2.29. The molecule has 0 spiro atoms. The van der Waals surface area contributed by atoms with Crippen LogP contribution in [0.3, 0.4) is 0 Å². The van der Waals surface area contributed by atoms with Crippen LogP contribution in [0, 0.1) is 0 Å². The first-order chi connectivity index (χ1) is 13.0. The van der Waals surface area contributed by atoms with Gasteiger partial charge in [-0.1, -0.05) is 41.4 Å². The minimum atomic E-state index is -4.56. The summed E-state index contributed by atoms with van der Waals surface area (Å²) in [5, 5.41) is 22.1. The van der Waals surface area contributed by atoms with Crippen LogP contribution in [0.25, 0.3) is 0 Å². The van der Waals surface area contributed by atoms with E-state index in [0.29, 0.717) is 22.7 Å². The molecule has 0 aliphatic rings. The minimum absolute atomic E-state index is 0.112. The highest BCUT2D eigenvalue weighted by Crippen LogP contribution is 2.30. The molecule has 0 bridgehead atoms. The Kier molecular flexibility index (Phi) is 6.92. The zero-order valence-electron chi connectivity index (χ0n) is 14.0. The van der Waals surface area contributed by atoms with E-state index >= 15 is 0 Å².